The van der Waals surface area contributed by atoms with E-state index >= 15 is 0 Å². The lowest BCUT2D eigenvalue weighted by Gasteiger charge is -2.27. The van der Waals surface area contributed by atoms with Crippen molar-refractivity contribution in [1.29, 1.82) is 0 Å². The number of ether oxygens (including phenoxy) is 2. The minimum Gasteiger partial charge on any atom is -0.462 e. The van der Waals surface area contributed by atoms with E-state index in [4.69, 9.17) is 9.47 Å². The zero-order valence-corrected chi connectivity index (χ0v) is 6.21. The molecule has 0 N–H and O–H groups in total. The molecule has 0 saturated carbocycles. The van der Waals surface area contributed by atoms with E-state index in [2.05, 4.69) is 0 Å². The van der Waals surface area contributed by atoms with Crippen LogP contribution in [0, 0.1) is 5.92 Å². The zero-order valence-electron chi connectivity index (χ0n) is 6.21. The zero-order chi connectivity index (χ0) is 7.68. The largest absolute Gasteiger partial charge is 0.462 e. The normalized spacial score (nSPS) is 30.4. The third-order valence-corrected chi connectivity index (χ3v) is 2.11. The fourth-order valence-electron chi connectivity index (χ4n) is 1.45. The van der Waals surface area contributed by atoms with Gasteiger partial charge in [0.2, 0.25) is 0 Å². The van der Waals surface area contributed by atoms with Crippen LogP contribution in [0.15, 0.2) is 11.6 Å². The highest BCUT2D eigenvalue weighted by atomic mass is 16.5. The maximum absolute atomic E-state index is 10.8. The highest BCUT2D eigenvalue weighted by molar-refractivity contribution is 5.83. The molecule has 2 aliphatic rings. The average molecular weight is 154 g/mol. The Kier molecular flexibility index (Phi) is 1.66. The van der Waals surface area contributed by atoms with Gasteiger partial charge in [-0.25, -0.2) is 4.79 Å². The molecule has 3 heteroatoms. The molecule has 1 fully saturated rings. The monoisotopic (exact) mass is 154 g/mol. The van der Waals surface area contributed by atoms with Crippen LogP contribution in [0.25, 0.3) is 0 Å². The van der Waals surface area contributed by atoms with Gasteiger partial charge in [0.15, 0.2) is 0 Å². The van der Waals surface area contributed by atoms with Crippen molar-refractivity contribution in [3.05, 3.63) is 11.6 Å². The van der Waals surface area contributed by atoms with Crippen LogP contribution >= 0.6 is 0 Å². The van der Waals surface area contributed by atoms with Gasteiger partial charge in [-0.15, -0.1) is 0 Å². The van der Waals surface area contributed by atoms with E-state index < -0.39 is 0 Å². The highest BCUT2D eigenvalue weighted by Crippen LogP contribution is 2.24. The van der Waals surface area contributed by atoms with Crippen molar-refractivity contribution in [3.63, 3.8) is 0 Å². The van der Waals surface area contributed by atoms with Gasteiger partial charge >= 0.3 is 5.97 Å². The average Bonchev–Trinajstić information content (AvgIpc) is 2.04. The molecule has 60 valence electrons. The van der Waals surface area contributed by atoms with Gasteiger partial charge in [-0.2, -0.15) is 0 Å². The van der Waals surface area contributed by atoms with Crippen LogP contribution in [-0.2, 0) is 14.3 Å². The number of hydrogen-bond donors (Lipinski definition) is 0. The quantitative estimate of drug-likeness (QED) is 0.477. The third-order valence-electron chi connectivity index (χ3n) is 2.11. The van der Waals surface area contributed by atoms with E-state index in [0.29, 0.717) is 19.1 Å². The molecule has 0 radical (unpaired) electrons. The third kappa shape index (κ3) is 1.28. The van der Waals surface area contributed by atoms with E-state index in [0.717, 1.165) is 13.0 Å². The Hall–Kier alpha value is -0.830. The van der Waals surface area contributed by atoms with Gasteiger partial charge in [0.05, 0.1) is 13.2 Å². The van der Waals surface area contributed by atoms with Crippen LogP contribution in [0.1, 0.15) is 6.42 Å². The van der Waals surface area contributed by atoms with Gasteiger partial charge in [0.25, 0.3) is 0 Å². The van der Waals surface area contributed by atoms with Crippen LogP contribution in [0.5, 0.6) is 0 Å². The van der Waals surface area contributed by atoms with E-state index in [9.17, 15) is 4.79 Å². The van der Waals surface area contributed by atoms with Crippen molar-refractivity contribution in [2.24, 2.45) is 5.92 Å². The molecule has 3 nitrogen and oxygen atoms in total. The van der Waals surface area contributed by atoms with Crippen molar-refractivity contribution < 1.29 is 14.3 Å². The van der Waals surface area contributed by atoms with Crippen LogP contribution in [0.3, 0.4) is 0 Å². The van der Waals surface area contributed by atoms with Gasteiger partial charge in [-0.3, -0.25) is 0 Å². The lowest BCUT2D eigenvalue weighted by Crippen LogP contribution is -2.29. The van der Waals surface area contributed by atoms with Crippen molar-refractivity contribution in [3.8, 4) is 0 Å². The molecule has 2 heterocycles. The molecule has 0 aromatic rings. The summed E-state index contributed by atoms with van der Waals surface area (Å²) in [7, 11) is 0. The maximum Gasteiger partial charge on any atom is 0.330 e. The molecule has 2 rings (SSSR count). The summed E-state index contributed by atoms with van der Waals surface area (Å²) in [6.07, 6.45) is 2.50. The molecule has 1 saturated heterocycles. The molecular weight excluding hydrogens is 144 g/mol. The fraction of sp³-hybridized carbons (Fsp3) is 0.625. The molecule has 1 atom stereocenters. The minimum absolute atomic E-state index is 0.196. The van der Waals surface area contributed by atoms with Crippen LogP contribution in [-0.4, -0.2) is 25.8 Å². The lowest BCUT2D eigenvalue weighted by atomic mass is 9.94. The first-order valence-electron chi connectivity index (χ1n) is 3.81. The molecular formula is C8H10O3. The second-order valence-corrected chi connectivity index (χ2v) is 2.87. The molecule has 0 aromatic carbocycles. The molecule has 0 aliphatic carbocycles. The summed E-state index contributed by atoms with van der Waals surface area (Å²) in [5.74, 6) is 0.139. The fourth-order valence-corrected chi connectivity index (χ4v) is 1.45. The minimum atomic E-state index is -0.196. The van der Waals surface area contributed by atoms with Gasteiger partial charge < -0.3 is 9.47 Å². The topological polar surface area (TPSA) is 35.5 Å². The van der Waals surface area contributed by atoms with E-state index in [-0.39, 0.29) is 5.97 Å². The smallest absolute Gasteiger partial charge is 0.330 e. The predicted octanol–water partition coefficient (Wildman–Crippen LogP) is 0.506. The molecule has 0 bridgehead atoms. The SMILES string of the molecule is O=C1C=C2CCOCC2CO1. The first-order chi connectivity index (χ1) is 5.36. The summed E-state index contributed by atoms with van der Waals surface area (Å²) < 4.78 is 10.1. The van der Waals surface area contributed by atoms with Crippen molar-refractivity contribution in [2.75, 3.05) is 19.8 Å². The molecule has 0 amide bonds. The van der Waals surface area contributed by atoms with Crippen molar-refractivity contribution in [1.82, 2.24) is 0 Å². The van der Waals surface area contributed by atoms with E-state index in [1.54, 1.807) is 6.08 Å². The summed E-state index contributed by atoms with van der Waals surface area (Å²) in [5.41, 5.74) is 1.20. The van der Waals surface area contributed by atoms with Crippen molar-refractivity contribution in [2.45, 2.75) is 6.42 Å². The number of fused-ring (bicyclic) bond motifs is 1. The summed E-state index contributed by atoms with van der Waals surface area (Å²) in [6.45, 7) is 1.96. The maximum atomic E-state index is 10.8. The standard InChI is InChI=1S/C8H10O3/c9-8-3-6-1-2-10-4-7(6)5-11-8/h3,7H,1-2,4-5H2. The molecule has 2 aliphatic heterocycles. The van der Waals surface area contributed by atoms with Gasteiger partial charge in [0.1, 0.15) is 6.61 Å². The summed E-state index contributed by atoms with van der Waals surface area (Å²) in [4.78, 5) is 10.8. The van der Waals surface area contributed by atoms with Crippen molar-refractivity contribution >= 4 is 5.97 Å². The summed E-state index contributed by atoms with van der Waals surface area (Å²) in [6, 6.07) is 0. The molecule has 1 unspecified atom stereocenters. The predicted molar refractivity (Wildman–Crippen MR) is 38.0 cm³/mol. The number of cyclic esters (lactones) is 1. The summed E-state index contributed by atoms with van der Waals surface area (Å²) >= 11 is 0. The second kappa shape index (κ2) is 2.66. The van der Waals surface area contributed by atoms with Crippen LogP contribution in [0.2, 0.25) is 0 Å². The van der Waals surface area contributed by atoms with Gasteiger partial charge in [0, 0.05) is 12.0 Å². The van der Waals surface area contributed by atoms with Gasteiger partial charge in [-0.05, 0) is 6.42 Å². The number of rotatable bonds is 0. The first-order valence-corrected chi connectivity index (χ1v) is 3.81. The van der Waals surface area contributed by atoms with Gasteiger partial charge in [-0.1, -0.05) is 5.57 Å². The lowest BCUT2D eigenvalue weighted by molar-refractivity contribution is -0.141. The molecule has 11 heavy (non-hydrogen) atoms. The van der Waals surface area contributed by atoms with E-state index in [1.165, 1.54) is 5.57 Å². The van der Waals surface area contributed by atoms with Crippen LogP contribution < -0.4 is 0 Å². The Morgan fingerprint density at radius 3 is 3.27 bits per heavy atom. The highest BCUT2D eigenvalue weighted by Gasteiger charge is 2.25. The van der Waals surface area contributed by atoms with E-state index in [1.807, 2.05) is 0 Å². The second-order valence-electron chi connectivity index (χ2n) is 2.87. The Morgan fingerprint density at radius 2 is 2.36 bits per heavy atom. The number of esters is 1. The molecule has 0 spiro atoms. The Bertz CT molecular complexity index is 207. The summed E-state index contributed by atoms with van der Waals surface area (Å²) in [5, 5.41) is 0. The van der Waals surface area contributed by atoms with Crippen LogP contribution in [0.4, 0.5) is 0 Å². The first kappa shape index (κ1) is 6.85. The Balaban J connectivity index is 2.16. The number of carbonyl (C=O) groups excluding carboxylic acids is 1. The Labute approximate surface area is 65.0 Å². The number of carbonyl (C=O) groups is 1. The molecule has 0 aromatic heterocycles. The number of hydrogen-bond acceptors (Lipinski definition) is 3. The Morgan fingerprint density at radius 1 is 1.45 bits per heavy atom.